The van der Waals surface area contributed by atoms with Crippen LogP contribution in [-0.2, 0) is 22.6 Å². The minimum atomic E-state index is -0.184. The number of nitrogens with two attached hydrogens (primary N) is 1. The highest BCUT2D eigenvalue weighted by Crippen LogP contribution is 2.13. The molecular weight excluding hydrogens is 259 g/mol. The second-order valence-electron chi connectivity index (χ2n) is 4.75. The molecule has 0 bridgehead atoms. The summed E-state index contributed by atoms with van der Waals surface area (Å²) < 4.78 is 24.0. The summed E-state index contributed by atoms with van der Waals surface area (Å²) in [6, 6.07) is 5.05. The van der Waals surface area contributed by atoms with Gasteiger partial charge in [0.1, 0.15) is 5.82 Å². The van der Waals surface area contributed by atoms with Gasteiger partial charge in [-0.2, -0.15) is 0 Å². The van der Waals surface area contributed by atoms with E-state index in [4.69, 9.17) is 15.2 Å². The largest absolute Gasteiger partial charge is 0.385 e. The minimum Gasteiger partial charge on any atom is -0.385 e. The Morgan fingerprint density at radius 1 is 1.15 bits per heavy atom. The van der Waals surface area contributed by atoms with Crippen LogP contribution in [0.2, 0.25) is 0 Å². The number of benzene rings is 1. The van der Waals surface area contributed by atoms with Gasteiger partial charge >= 0.3 is 0 Å². The molecule has 1 aromatic rings. The predicted octanol–water partition coefficient (Wildman–Crippen LogP) is 1.77. The molecule has 0 saturated heterocycles. The second-order valence-corrected chi connectivity index (χ2v) is 4.75. The summed E-state index contributed by atoms with van der Waals surface area (Å²) in [6.07, 6.45) is 0.915. The summed E-state index contributed by atoms with van der Waals surface area (Å²) in [6.45, 7) is 3.94. The molecule has 2 N–H and O–H groups in total. The van der Waals surface area contributed by atoms with Crippen LogP contribution in [0.1, 0.15) is 17.5 Å². The van der Waals surface area contributed by atoms with Crippen molar-refractivity contribution in [3.8, 4) is 0 Å². The molecule has 0 aliphatic rings. The Kier molecular flexibility index (Phi) is 8.37. The van der Waals surface area contributed by atoms with Crippen LogP contribution in [0, 0.1) is 5.82 Å². The minimum absolute atomic E-state index is 0.184. The van der Waals surface area contributed by atoms with Crippen molar-refractivity contribution in [3.05, 3.63) is 35.1 Å². The van der Waals surface area contributed by atoms with Crippen molar-refractivity contribution in [2.45, 2.75) is 19.5 Å². The highest BCUT2D eigenvalue weighted by molar-refractivity contribution is 5.25. The van der Waals surface area contributed by atoms with E-state index in [0.29, 0.717) is 31.9 Å². The lowest BCUT2D eigenvalue weighted by Gasteiger charge is -2.22. The Balaban J connectivity index is 2.66. The van der Waals surface area contributed by atoms with Crippen molar-refractivity contribution < 1.29 is 13.9 Å². The van der Waals surface area contributed by atoms with Crippen LogP contribution >= 0.6 is 0 Å². The number of hydrogen-bond acceptors (Lipinski definition) is 4. The maximum Gasteiger partial charge on any atom is 0.127 e. The summed E-state index contributed by atoms with van der Waals surface area (Å²) in [4.78, 5) is 2.17. The van der Waals surface area contributed by atoms with Gasteiger partial charge in [0, 0.05) is 52.6 Å². The van der Waals surface area contributed by atoms with Gasteiger partial charge in [0.25, 0.3) is 0 Å². The monoisotopic (exact) mass is 284 g/mol. The molecule has 5 heteroatoms. The Hall–Kier alpha value is -1.01. The molecule has 1 rings (SSSR count). The van der Waals surface area contributed by atoms with Crippen LogP contribution in [0.5, 0.6) is 0 Å². The van der Waals surface area contributed by atoms with Gasteiger partial charge in [-0.25, -0.2) is 4.39 Å². The van der Waals surface area contributed by atoms with Crippen LogP contribution in [0.25, 0.3) is 0 Å². The maximum absolute atomic E-state index is 13.9. The number of ether oxygens (including phenoxy) is 2. The van der Waals surface area contributed by atoms with E-state index in [9.17, 15) is 4.39 Å². The average Bonchev–Trinajstić information content (AvgIpc) is 2.46. The van der Waals surface area contributed by atoms with E-state index in [-0.39, 0.29) is 5.82 Å². The molecule has 0 aliphatic carbocycles. The van der Waals surface area contributed by atoms with Gasteiger partial charge < -0.3 is 15.2 Å². The topological polar surface area (TPSA) is 47.7 Å². The van der Waals surface area contributed by atoms with Gasteiger partial charge in [0.2, 0.25) is 0 Å². The lowest BCUT2D eigenvalue weighted by molar-refractivity contribution is 0.128. The summed E-state index contributed by atoms with van der Waals surface area (Å²) in [5, 5.41) is 0. The molecule has 1 aromatic carbocycles. The summed E-state index contributed by atoms with van der Waals surface area (Å²) in [5.41, 5.74) is 7.24. The number of halogens is 1. The molecule has 0 heterocycles. The SMILES string of the molecule is COCCCN(CCOC)Cc1cc(CN)ccc1F. The normalized spacial score (nSPS) is 11.2. The van der Waals surface area contributed by atoms with Gasteiger partial charge in [-0.1, -0.05) is 12.1 Å². The summed E-state index contributed by atoms with van der Waals surface area (Å²) >= 11 is 0. The van der Waals surface area contributed by atoms with Gasteiger partial charge in [0.15, 0.2) is 0 Å². The fraction of sp³-hybridized carbons (Fsp3) is 0.600. The maximum atomic E-state index is 13.9. The van der Waals surface area contributed by atoms with Crippen LogP contribution < -0.4 is 5.73 Å². The number of nitrogens with zero attached hydrogens (tertiary/aromatic N) is 1. The molecule has 4 nitrogen and oxygen atoms in total. The number of hydrogen-bond donors (Lipinski definition) is 1. The highest BCUT2D eigenvalue weighted by Gasteiger charge is 2.10. The first-order valence-corrected chi connectivity index (χ1v) is 6.88. The first-order chi connectivity index (χ1) is 9.71. The molecule has 114 valence electrons. The molecule has 0 spiro atoms. The third kappa shape index (κ3) is 5.96. The van der Waals surface area contributed by atoms with Gasteiger partial charge in [-0.15, -0.1) is 0 Å². The van der Waals surface area contributed by atoms with E-state index >= 15 is 0 Å². The predicted molar refractivity (Wildman–Crippen MR) is 77.9 cm³/mol. The molecule has 0 radical (unpaired) electrons. The molecule has 0 fully saturated rings. The van der Waals surface area contributed by atoms with Gasteiger partial charge in [-0.3, -0.25) is 4.90 Å². The first kappa shape index (κ1) is 17.0. The van der Waals surface area contributed by atoms with Crippen LogP contribution in [0.15, 0.2) is 18.2 Å². The molecule has 0 unspecified atom stereocenters. The molecule has 0 amide bonds. The summed E-state index contributed by atoms with van der Waals surface area (Å²) in [5.74, 6) is -0.184. The van der Waals surface area contributed by atoms with E-state index in [1.54, 1.807) is 20.3 Å². The molecular formula is C15H25FN2O2. The summed E-state index contributed by atoms with van der Waals surface area (Å²) in [7, 11) is 3.35. The fourth-order valence-corrected chi connectivity index (χ4v) is 2.04. The third-order valence-electron chi connectivity index (χ3n) is 3.17. The zero-order valence-corrected chi connectivity index (χ0v) is 12.4. The van der Waals surface area contributed by atoms with Crippen molar-refractivity contribution in [2.75, 3.05) is 40.5 Å². The van der Waals surface area contributed by atoms with E-state index in [1.165, 1.54) is 6.07 Å². The zero-order valence-electron chi connectivity index (χ0n) is 12.4. The van der Waals surface area contributed by atoms with E-state index in [0.717, 1.165) is 25.1 Å². The lowest BCUT2D eigenvalue weighted by atomic mass is 10.1. The van der Waals surface area contributed by atoms with Crippen LogP contribution in [0.3, 0.4) is 0 Å². The number of rotatable bonds is 10. The van der Waals surface area contributed by atoms with E-state index in [2.05, 4.69) is 4.90 Å². The Bertz CT molecular complexity index is 388. The standard InChI is InChI=1S/C15H25FN2O2/c1-19-8-3-6-18(7-9-20-2)12-14-10-13(11-17)4-5-15(14)16/h4-5,10H,3,6-9,11-12,17H2,1-2H3. The van der Waals surface area contributed by atoms with Crippen molar-refractivity contribution in [1.29, 1.82) is 0 Å². The molecule has 20 heavy (non-hydrogen) atoms. The highest BCUT2D eigenvalue weighted by atomic mass is 19.1. The molecule has 0 aliphatic heterocycles. The average molecular weight is 284 g/mol. The van der Waals surface area contributed by atoms with E-state index in [1.807, 2.05) is 6.07 Å². The van der Waals surface area contributed by atoms with Crippen LogP contribution in [0.4, 0.5) is 4.39 Å². The zero-order chi connectivity index (χ0) is 14.8. The molecule has 0 atom stereocenters. The first-order valence-electron chi connectivity index (χ1n) is 6.88. The smallest absolute Gasteiger partial charge is 0.127 e. The Morgan fingerprint density at radius 3 is 2.55 bits per heavy atom. The number of methoxy groups -OCH3 is 2. The Morgan fingerprint density at radius 2 is 1.90 bits per heavy atom. The van der Waals surface area contributed by atoms with E-state index < -0.39 is 0 Å². The lowest BCUT2D eigenvalue weighted by Crippen LogP contribution is -2.29. The Labute approximate surface area is 120 Å². The van der Waals surface area contributed by atoms with Crippen molar-refractivity contribution in [1.82, 2.24) is 4.90 Å². The van der Waals surface area contributed by atoms with Crippen molar-refractivity contribution in [3.63, 3.8) is 0 Å². The van der Waals surface area contributed by atoms with Crippen molar-refractivity contribution in [2.24, 2.45) is 5.73 Å². The fourth-order valence-electron chi connectivity index (χ4n) is 2.04. The van der Waals surface area contributed by atoms with Crippen molar-refractivity contribution >= 4 is 0 Å². The molecule has 0 saturated carbocycles. The molecule has 0 aromatic heterocycles. The van der Waals surface area contributed by atoms with Gasteiger partial charge in [-0.05, 0) is 18.1 Å². The van der Waals surface area contributed by atoms with Crippen LogP contribution in [-0.4, -0.2) is 45.4 Å². The quantitative estimate of drug-likeness (QED) is 0.665. The van der Waals surface area contributed by atoms with Gasteiger partial charge in [0.05, 0.1) is 6.61 Å². The second kappa shape index (κ2) is 9.83. The third-order valence-corrected chi connectivity index (χ3v) is 3.17.